The van der Waals surface area contributed by atoms with Gasteiger partial charge in [-0.15, -0.1) is 0 Å². The normalized spacial score (nSPS) is 17.4. The number of hydrogen-bond acceptors (Lipinski definition) is 4. The van der Waals surface area contributed by atoms with Gasteiger partial charge in [-0.1, -0.05) is 137 Å². The number of benzene rings is 5. The number of fused-ring (bicyclic) bond motifs is 11. The molecular weight excluding hydrogens is 827 g/mol. The Balaban J connectivity index is 1.26. The van der Waals surface area contributed by atoms with Crippen LogP contribution in [0.3, 0.4) is 0 Å². The number of H-pyrrole nitrogens is 2. The summed E-state index contributed by atoms with van der Waals surface area (Å²) in [6, 6.07) is 55.7. The number of anilines is 1. The van der Waals surface area contributed by atoms with Gasteiger partial charge in [0.15, 0.2) is 0 Å². The predicted molar refractivity (Wildman–Crippen MR) is 258 cm³/mol. The molecule has 12 rings (SSSR count). The van der Waals surface area contributed by atoms with Gasteiger partial charge in [0.2, 0.25) is 0 Å². The number of aromatic nitrogens is 4. The first-order valence-electron chi connectivity index (χ1n) is 21.2. The molecule has 298 valence electrons. The minimum atomic E-state index is -0.0567. The summed E-state index contributed by atoms with van der Waals surface area (Å²) in [5.41, 5.74) is 19.4. The molecule has 0 saturated carbocycles. The van der Waals surface area contributed by atoms with Gasteiger partial charge in [0.1, 0.15) is 0 Å². The molecule has 1 fully saturated rings. The first-order valence-corrected chi connectivity index (χ1v) is 22.0. The molecule has 0 radical (unpaired) electrons. The van der Waals surface area contributed by atoms with Crippen LogP contribution in [0.4, 0.5) is 5.69 Å². The fourth-order valence-corrected chi connectivity index (χ4v) is 10.3. The van der Waals surface area contributed by atoms with Crippen LogP contribution in [0.15, 0.2) is 162 Å². The van der Waals surface area contributed by atoms with E-state index in [9.17, 15) is 0 Å². The molecular formula is C55H40BrN5O. The van der Waals surface area contributed by atoms with Gasteiger partial charge >= 0.3 is 0 Å². The van der Waals surface area contributed by atoms with Crippen LogP contribution >= 0.6 is 15.9 Å². The van der Waals surface area contributed by atoms with E-state index in [0.29, 0.717) is 6.61 Å². The van der Waals surface area contributed by atoms with E-state index >= 15 is 0 Å². The van der Waals surface area contributed by atoms with Crippen molar-refractivity contribution in [2.24, 2.45) is 5.92 Å². The number of hydrogen-bond donors (Lipinski definition) is 3. The Labute approximate surface area is 367 Å². The van der Waals surface area contributed by atoms with E-state index in [0.717, 1.165) is 106 Å². The van der Waals surface area contributed by atoms with Crippen molar-refractivity contribution in [3.63, 3.8) is 0 Å². The smallest absolute Gasteiger partial charge is 0.0897 e. The molecule has 3 atom stereocenters. The second-order valence-electron chi connectivity index (χ2n) is 16.3. The molecule has 8 bridgehead atoms. The van der Waals surface area contributed by atoms with Crippen molar-refractivity contribution >= 4 is 68.0 Å². The predicted octanol–water partition coefficient (Wildman–Crippen LogP) is 14.3. The average molecular weight is 867 g/mol. The van der Waals surface area contributed by atoms with E-state index in [-0.39, 0.29) is 18.1 Å². The molecule has 0 unspecified atom stereocenters. The van der Waals surface area contributed by atoms with Crippen molar-refractivity contribution in [2.45, 2.75) is 18.6 Å². The van der Waals surface area contributed by atoms with E-state index in [1.807, 2.05) is 0 Å². The van der Waals surface area contributed by atoms with E-state index < -0.39 is 0 Å². The molecule has 0 amide bonds. The van der Waals surface area contributed by atoms with Crippen molar-refractivity contribution in [3.05, 3.63) is 196 Å². The Hall–Kier alpha value is -7.06. The number of halogens is 1. The van der Waals surface area contributed by atoms with Crippen molar-refractivity contribution in [2.75, 3.05) is 11.9 Å². The monoisotopic (exact) mass is 865 g/mol. The number of nitrogens with one attached hydrogen (secondary N) is 3. The topological polar surface area (TPSA) is 78.6 Å². The van der Waals surface area contributed by atoms with E-state index in [2.05, 4.69) is 213 Å². The molecule has 5 aromatic carbocycles. The summed E-state index contributed by atoms with van der Waals surface area (Å²) in [6.07, 6.45) is 9.51. The van der Waals surface area contributed by atoms with Crippen LogP contribution in [0.25, 0.3) is 90.9 Å². The van der Waals surface area contributed by atoms with Gasteiger partial charge < -0.3 is 20.0 Å². The lowest BCUT2D eigenvalue weighted by molar-refractivity contribution is 0.0830. The van der Waals surface area contributed by atoms with E-state index in [1.54, 1.807) is 0 Å². The van der Waals surface area contributed by atoms with Crippen LogP contribution in [0.1, 0.15) is 52.5 Å². The Morgan fingerprint density at radius 3 is 1.61 bits per heavy atom. The maximum atomic E-state index is 6.60. The maximum Gasteiger partial charge on any atom is 0.0897 e. The molecule has 4 aliphatic rings. The lowest BCUT2D eigenvalue weighted by Gasteiger charge is -2.36. The molecule has 3 aromatic heterocycles. The Morgan fingerprint density at radius 2 is 1.00 bits per heavy atom. The minimum Gasteiger partial charge on any atom is -0.377 e. The first-order chi connectivity index (χ1) is 30.6. The summed E-state index contributed by atoms with van der Waals surface area (Å²) in [5.74, 6) is 0.198. The molecule has 3 N–H and O–H groups in total. The van der Waals surface area contributed by atoms with Crippen LogP contribution in [0, 0.1) is 5.92 Å². The summed E-state index contributed by atoms with van der Waals surface area (Å²) < 4.78 is 7.66. The molecule has 8 aromatic rings. The highest BCUT2D eigenvalue weighted by molar-refractivity contribution is 9.10. The number of rotatable bonds is 5. The van der Waals surface area contributed by atoms with E-state index in [1.165, 1.54) is 11.1 Å². The molecule has 1 saturated heterocycles. The highest BCUT2D eigenvalue weighted by Crippen LogP contribution is 2.52. The molecule has 0 spiro atoms. The van der Waals surface area contributed by atoms with Gasteiger partial charge in [-0.05, 0) is 89.4 Å². The van der Waals surface area contributed by atoms with Gasteiger partial charge in [-0.2, -0.15) is 0 Å². The summed E-state index contributed by atoms with van der Waals surface area (Å²) >= 11 is 3.74. The van der Waals surface area contributed by atoms with Crippen molar-refractivity contribution in [1.82, 2.24) is 19.9 Å². The number of nitrogens with zero attached hydrogens (tertiary/aromatic N) is 2. The zero-order valence-corrected chi connectivity index (χ0v) is 35.2. The number of aromatic amines is 2. The van der Waals surface area contributed by atoms with Crippen LogP contribution < -0.4 is 5.32 Å². The van der Waals surface area contributed by atoms with Crippen LogP contribution in [-0.2, 0) is 4.74 Å². The SMILES string of the molecule is Brc1ccc2c(c1)[C@@H]1OCC[C@@H]1[C@@H](c1cc3[nH]c1c(-c1ccccc1)c1nc(c(-c4ccccc4)c4nc(c(-c5ccccc5)c5ccc([nH]5)c3-c3ccccc3)C=C4)C=C1)N2. The third-order valence-corrected chi connectivity index (χ3v) is 13.2. The largest absolute Gasteiger partial charge is 0.377 e. The van der Waals surface area contributed by atoms with Crippen LogP contribution in [-0.4, -0.2) is 26.5 Å². The van der Waals surface area contributed by atoms with Gasteiger partial charge in [-0.25, -0.2) is 9.97 Å². The Kier molecular flexibility index (Phi) is 8.97. The van der Waals surface area contributed by atoms with Gasteiger partial charge in [-0.3, -0.25) is 0 Å². The second-order valence-corrected chi connectivity index (χ2v) is 17.2. The molecule has 6 nitrogen and oxygen atoms in total. The van der Waals surface area contributed by atoms with Crippen molar-refractivity contribution in [3.8, 4) is 44.5 Å². The Morgan fingerprint density at radius 1 is 0.484 bits per heavy atom. The molecule has 7 heteroatoms. The molecule has 7 heterocycles. The standard InChI is InChI=1S/C55H40BrN5O/c56-37-21-22-41-39(31-37)55-38(29-30-62-55)53(60-41)40-32-48-51(35-17-9-3-10-18-35)46-26-25-44(58-46)49(33-13-5-1-6-14-33)42-23-24-43(57-42)50(34-15-7-2-8-16-34)45-27-28-47(59-45)52(54(40)61-48)36-19-11-4-12-20-36/h1-28,31-32,38,53,55,58,60-61H,29-30H2/t38-,53+,55-/m1/s1. The minimum absolute atomic E-state index is 0.0364. The fraction of sp³-hybridized carbons (Fsp3) is 0.0909. The summed E-state index contributed by atoms with van der Waals surface area (Å²) in [5, 5.41) is 4.05. The summed E-state index contributed by atoms with van der Waals surface area (Å²) in [4.78, 5) is 19.1. The summed E-state index contributed by atoms with van der Waals surface area (Å²) in [6.45, 7) is 0.706. The third-order valence-electron chi connectivity index (χ3n) is 12.7. The van der Waals surface area contributed by atoms with Gasteiger partial charge in [0, 0.05) is 72.6 Å². The first kappa shape index (κ1) is 36.8. The van der Waals surface area contributed by atoms with Crippen molar-refractivity contribution in [1.29, 1.82) is 0 Å². The highest BCUT2D eigenvalue weighted by Gasteiger charge is 2.42. The average Bonchev–Trinajstić information content (AvgIpc) is 4.19. The second kappa shape index (κ2) is 15.1. The fourth-order valence-electron chi connectivity index (χ4n) is 9.94. The number of ether oxygens (including phenoxy) is 1. The Bertz CT molecular complexity index is 3260. The quantitative estimate of drug-likeness (QED) is 0.161. The molecule has 4 aliphatic heterocycles. The lowest BCUT2D eigenvalue weighted by Crippen LogP contribution is -2.29. The lowest BCUT2D eigenvalue weighted by atomic mass is 9.80. The maximum absolute atomic E-state index is 6.60. The highest BCUT2D eigenvalue weighted by atomic mass is 79.9. The molecule has 62 heavy (non-hydrogen) atoms. The molecule has 0 aliphatic carbocycles. The van der Waals surface area contributed by atoms with E-state index in [4.69, 9.17) is 14.7 Å². The zero-order valence-electron chi connectivity index (χ0n) is 33.6. The van der Waals surface area contributed by atoms with Crippen LogP contribution in [0.5, 0.6) is 0 Å². The van der Waals surface area contributed by atoms with Crippen molar-refractivity contribution < 1.29 is 4.74 Å². The zero-order chi connectivity index (χ0) is 41.1. The summed E-state index contributed by atoms with van der Waals surface area (Å²) in [7, 11) is 0. The van der Waals surface area contributed by atoms with Crippen LogP contribution in [0.2, 0.25) is 0 Å². The van der Waals surface area contributed by atoms with Gasteiger partial charge in [0.05, 0.1) is 40.4 Å². The third kappa shape index (κ3) is 6.27. The van der Waals surface area contributed by atoms with Gasteiger partial charge in [0.25, 0.3) is 0 Å².